The number of nitriles is 1. The van der Waals surface area contributed by atoms with Crippen LogP contribution in [0.4, 0.5) is 0 Å². The zero-order valence-electron chi connectivity index (χ0n) is 11.3. The van der Waals surface area contributed by atoms with Crippen molar-refractivity contribution in [2.75, 3.05) is 6.54 Å². The zero-order valence-corrected chi connectivity index (χ0v) is 11.3. The standard InChI is InChI=1S/C15H16N4O/c1-2-13-14-4-3-5-18(14)6-7-19(13)15(20)12-8-11(9-16)10-17-12/h3-5,8,10,13,17H,2,6-7H2,1H3/t13-/m0/s1. The predicted molar refractivity (Wildman–Crippen MR) is 74.0 cm³/mol. The van der Waals surface area contributed by atoms with E-state index in [-0.39, 0.29) is 11.9 Å². The Balaban J connectivity index is 1.90. The molecule has 20 heavy (non-hydrogen) atoms. The lowest BCUT2D eigenvalue weighted by Crippen LogP contribution is -2.41. The molecule has 3 heterocycles. The fraction of sp³-hybridized carbons (Fsp3) is 0.333. The van der Waals surface area contributed by atoms with Crippen molar-refractivity contribution in [1.29, 1.82) is 5.26 Å². The number of carbonyl (C=O) groups is 1. The zero-order chi connectivity index (χ0) is 14.1. The van der Waals surface area contributed by atoms with Crippen molar-refractivity contribution in [3.63, 3.8) is 0 Å². The molecule has 3 rings (SSSR count). The van der Waals surface area contributed by atoms with Gasteiger partial charge in [-0.2, -0.15) is 5.26 Å². The minimum Gasteiger partial charge on any atom is -0.356 e. The summed E-state index contributed by atoms with van der Waals surface area (Å²) in [5.41, 5.74) is 2.15. The number of aromatic nitrogens is 2. The first-order valence-electron chi connectivity index (χ1n) is 6.79. The van der Waals surface area contributed by atoms with Crippen molar-refractivity contribution >= 4 is 5.91 Å². The van der Waals surface area contributed by atoms with Gasteiger partial charge in [0.05, 0.1) is 11.6 Å². The first kappa shape index (κ1) is 12.5. The van der Waals surface area contributed by atoms with Gasteiger partial charge < -0.3 is 14.5 Å². The van der Waals surface area contributed by atoms with Crippen molar-refractivity contribution in [1.82, 2.24) is 14.5 Å². The fourth-order valence-corrected chi connectivity index (χ4v) is 2.87. The number of H-pyrrole nitrogens is 1. The molecule has 1 aliphatic rings. The smallest absolute Gasteiger partial charge is 0.270 e. The highest BCUT2D eigenvalue weighted by Crippen LogP contribution is 2.29. The maximum absolute atomic E-state index is 12.6. The van der Waals surface area contributed by atoms with Crippen LogP contribution in [-0.2, 0) is 6.54 Å². The van der Waals surface area contributed by atoms with E-state index in [9.17, 15) is 4.79 Å². The average molecular weight is 268 g/mol. The van der Waals surface area contributed by atoms with Crippen LogP contribution in [-0.4, -0.2) is 26.9 Å². The topological polar surface area (TPSA) is 64.8 Å². The van der Waals surface area contributed by atoms with Crippen LogP contribution >= 0.6 is 0 Å². The van der Waals surface area contributed by atoms with Crippen molar-refractivity contribution in [3.05, 3.63) is 47.5 Å². The summed E-state index contributed by atoms with van der Waals surface area (Å²) in [7, 11) is 0. The lowest BCUT2D eigenvalue weighted by atomic mass is 10.1. The van der Waals surface area contributed by atoms with Crippen molar-refractivity contribution in [3.8, 4) is 6.07 Å². The first-order valence-corrected chi connectivity index (χ1v) is 6.79. The van der Waals surface area contributed by atoms with E-state index in [4.69, 9.17) is 5.26 Å². The summed E-state index contributed by atoms with van der Waals surface area (Å²) < 4.78 is 2.20. The van der Waals surface area contributed by atoms with Gasteiger partial charge in [0.15, 0.2) is 0 Å². The SMILES string of the molecule is CC[C@H]1c2cccn2CCN1C(=O)c1cc(C#N)c[nH]1. The molecule has 1 amide bonds. The lowest BCUT2D eigenvalue weighted by Gasteiger charge is -2.36. The summed E-state index contributed by atoms with van der Waals surface area (Å²) in [6.45, 7) is 3.60. The fourth-order valence-electron chi connectivity index (χ4n) is 2.87. The number of aromatic amines is 1. The van der Waals surface area contributed by atoms with E-state index >= 15 is 0 Å². The number of hydrogen-bond donors (Lipinski definition) is 1. The van der Waals surface area contributed by atoms with Crippen molar-refractivity contribution < 1.29 is 4.79 Å². The molecule has 102 valence electrons. The molecule has 0 spiro atoms. The largest absolute Gasteiger partial charge is 0.356 e. The van der Waals surface area contributed by atoms with E-state index in [1.165, 1.54) is 5.69 Å². The Hall–Kier alpha value is -2.48. The van der Waals surface area contributed by atoms with Gasteiger partial charge in [0.2, 0.25) is 0 Å². The quantitative estimate of drug-likeness (QED) is 0.908. The minimum absolute atomic E-state index is 0.0363. The Kier molecular flexibility index (Phi) is 3.07. The summed E-state index contributed by atoms with van der Waals surface area (Å²) in [6, 6.07) is 7.84. The molecular weight excluding hydrogens is 252 g/mol. The molecule has 0 aromatic carbocycles. The van der Waals surface area contributed by atoms with Gasteiger partial charge in [0.25, 0.3) is 5.91 Å². The summed E-state index contributed by atoms with van der Waals surface area (Å²) in [5, 5.41) is 8.85. The molecule has 0 fully saturated rings. The molecule has 1 atom stereocenters. The second kappa shape index (κ2) is 4.89. The van der Waals surface area contributed by atoms with Crippen LogP contribution < -0.4 is 0 Å². The summed E-state index contributed by atoms with van der Waals surface area (Å²) in [4.78, 5) is 17.4. The Morgan fingerprint density at radius 3 is 3.10 bits per heavy atom. The van der Waals surface area contributed by atoms with Gasteiger partial charge in [-0.1, -0.05) is 6.92 Å². The highest BCUT2D eigenvalue weighted by molar-refractivity contribution is 5.93. The van der Waals surface area contributed by atoms with E-state index in [2.05, 4.69) is 28.7 Å². The number of hydrogen-bond acceptors (Lipinski definition) is 2. The maximum Gasteiger partial charge on any atom is 0.270 e. The van der Waals surface area contributed by atoms with Gasteiger partial charge in [0, 0.05) is 31.2 Å². The van der Waals surface area contributed by atoms with E-state index < -0.39 is 0 Å². The number of carbonyl (C=O) groups excluding carboxylic acids is 1. The molecule has 5 nitrogen and oxygen atoms in total. The predicted octanol–water partition coefficient (Wildman–Crippen LogP) is 2.29. The van der Waals surface area contributed by atoms with Gasteiger partial charge in [-0.05, 0) is 24.6 Å². The van der Waals surface area contributed by atoms with Crippen LogP contribution in [0.25, 0.3) is 0 Å². The van der Waals surface area contributed by atoms with E-state index in [0.717, 1.165) is 13.0 Å². The Bertz CT molecular complexity index is 676. The monoisotopic (exact) mass is 268 g/mol. The Morgan fingerprint density at radius 1 is 1.55 bits per heavy atom. The minimum atomic E-state index is -0.0363. The third kappa shape index (κ3) is 1.90. The number of fused-ring (bicyclic) bond motifs is 1. The molecule has 0 saturated carbocycles. The van der Waals surface area contributed by atoms with Crippen molar-refractivity contribution in [2.45, 2.75) is 25.9 Å². The molecule has 0 radical (unpaired) electrons. The third-order valence-corrected chi connectivity index (χ3v) is 3.85. The number of amides is 1. The first-order chi connectivity index (χ1) is 9.74. The van der Waals surface area contributed by atoms with Crippen molar-refractivity contribution in [2.24, 2.45) is 0 Å². The van der Waals surface area contributed by atoms with Gasteiger partial charge in [-0.25, -0.2) is 0 Å². The molecule has 5 heteroatoms. The van der Waals surface area contributed by atoms with E-state index in [1.807, 2.05) is 17.0 Å². The summed E-state index contributed by atoms with van der Waals surface area (Å²) in [6.07, 6.45) is 4.50. The van der Waals surface area contributed by atoms with Crippen LogP contribution in [0.3, 0.4) is 0 Å². The molecule has 1 aliphatic heterocycles. The molecule has 0 aliphatic carbocycles. The second-order valence-corrected chi connectivity index (χ2v) is 4.96. The normalized spacial score (nSPS) is 17.6. The van der Waals surface area contributed by atoms with E-state index in [1.54, 1.807) is 12.3 Å². The number of nitrogens with one attached hydrogen (secondary N) is 1. The molecule has 1 N–H and O–H groups in total. The molecule has 0 unspecified atom stereocenters. The van der Waals surface area contributed by atoms with Crippen LogP contribution in [0.1, 0.15) is 41.1 Å². The molecule has 2 aromatic rings. The average Bonchev–Trinajstić information content (AvgIpc) is 3.13. The summed E-state index contributed by atoms with van der Waals surface area (Å²) >= 11 is 0. The van der Waals surface area contributed by atoms with Crippen LogP contribution in [0, 0.1) is 11.3 Å². The molecule has 2 aromatic heterocycles. The van der Waals surface area contributed by atoms with Gasteiger partial charge >= 0.3 is 0 Å². The summed E-state index contributed by atoms with van der Waals surface area (Å²) in [5.74, 6) is -0.0363. The Morgan fingerprint density at radius 2 is 2.40 bits per heavy atom. The lowest BCUT2D eigenvalue weighted by molar-refractivity contribution is 0.0612. The Labute approximate surface area is 117 Å². The highest BCUT2D eigenvalue weighted by atomic mass is 16.2. The second-order valence-electron chi connectivity index (χ2n) is 4.96. The maximum atomic E-state index is 12.6. The highest BCUT2D eigenvalue weighted by Gasteiger charge is 2.30. The molecule has 0 bridgehead atoms. The number of nitrogens with zero attached hydrogens (tertiary/aromatic N) is 3. The van der Waals surface area contributed by atoms with Crippen LogP contribution in [0.5, 0.6) is 0 Å². The third-order valence-electron chi connectivity index (χ3n) is 3.85. The molecular formula is C15H16N4O. The number of rotatable bonds is 2. The van der Waals surface area contributed by atoms with Crippen LogP contribution in [0.2, 0.25) is 0 Å². The molecule has 0 saturated heterocycles. The van der Waals surface area contributed by atoms with Gasteiger partial charge in [0.1, 0.15) is 11.8 Å². The van der Waals surface area contributed by atoms with Gasteiger partial charge in [-0.3, -0.25) is 4.79 Å². The van der Waals surface area contributed by atoms with Crippen LogP contribution in [0.15, 0.2) is 30.6 Å². The van der Waals surface area contributed by atoms with Gasteiger partial charge in [-0.15, -0.1) is 0 Å². The van der Waals surface area contributed by atoms with E-state index in [0.29, 0.717) is 17.8 Å².